The van der Waals surface area contributed by atoms with Crippen molar-refractivity contribution in [2.75, 3.05) is 26.2 Å². The highest BCUT2D eigenvalue weighted by Crippen LogP contribution is 2.38. The third-order valence-corrected chi connectivity index (χ3v) is 6.91. The van der Waals surface area contributed by atoms with Gasteiger partial charge in [-0.05, 0) is 63.3 Å². The number of allylic oxidation sites excluding steroid dienone is 2. The highest BCUT2D eigenvalue weighted by molar-refractivity contribution is 5.00. The molecule has 3 unspecified atom stereocenters. The topological polar surface area (TPSA) is 6.48 Å². The van der Waals surface area contributed by atoms with Crippen LogP contribution in [0.15, 0.2) is 12.2 Å². The lowest BCUT2D eigenvalue weighted by Gasteiger charge is -2.50. The van der Waals surface area contributed by atoms with Crippen LogP contribution in [0.2, 0.25) is 0 Å². The zero-order chi connectivity index (χ0) is 14.8. The van der Waals surface area contributed by atoms with Gasteiger partial charge in [0, 0.05) is 31.7 Å². The van der Waals surface area contributed by atoms with Crippen molar-refractivity contribution in [3.8, 4) is 0 Å². The summed E-state index contributed by atoms with van der Waals surface area (Å²) >= 11 is 0. The number of nitrogens with zero attached hydrogens (tertiary/aromatic N) is 2. The first-order valence-corrected chi connectivity index (χ1v) is 10.0. The van der Waals surface area contributed by atoms with Gasteiger partial charge in [-0.25, -0.2) is 0 Å². The second kappa shape index (κ2) is 7.05. The SMILES string of the molecule is C1=CCC(CN2CCN3CCCC3C2C2CCCCC2)CC1. The Morgan fingerprint density at radius 3 is 2.55 bits per heavy atom. The standard InChI is InChI=1S/C20H34N2/c1-3-8-17(9-4-1)16-22-15-14-21-13-7-12-19(21)20(22)18-10-5-2-6-11-18/h1,3,17-20H,2,4-16H2. The Balaban J connectivity index is 1.48. The minimum atomic E-state index is 0.891. The molecular formula is C20H34N2. The molecule has 0 radical (unpaired) electrons. The van der Waals surface area contributed by atoms with Gasteiger partial charge >= 0.3 is 0 Å². The van der Waals surface area contributed by atoms with Crippen LogP contribution in [0, 0.1) is 11.8 Å². The number of piperazine rings is 1. The Hall–Kier alpha value is -0.340. The van der Waals surface area contributed by atoms with Crippen molar-refractivity contribution in [3.63, 3.8) is 0 Å². The van der Waals surface area contributed by atoms with Gasteiger partial charge in [-0.15, -0.1) is 0 Å². The van der Waals surface area contributed by atoms with E-state index in [-0.39, 0.29) is 0 Å². The Morgan fingerprint density at radius 2 is 1.73 bits per heavy atom. The second-order valence-corrected chi connectivity index (χ2v) is 8.28. The molecule has 124 valence electrons. The van der Waals surface area contributed by atoms with Crippen LogP contribution >= 0.6 is 0 Å². The van der Waals surface area contributed by atoms with Crippen LogP contribution in [-0.4, -0.2) is 48.1 Å². The number of rotatable bonds is 3. The lowest BCUT2D eigenvalue weighted by molar-refractivity contribution is -0.00784. The maximum absolute atomic E-state index is 2.96. The molecule has 0 N–H and O–H groups in total. The first-order valence-electron chi connectivity index (χ1n) is 10.0. The largest absolute Gasteiger partial charge is 0.298 e. The van der Waals surface area contributed by atoms with E-state index in [4.69, 9.17) is 0 Å². The Bertz CT molecular complexity index is 385. The van der Waals surface area contributed by atoms with Gasteiger partial charge in [0.1, 0.15) is 0 Å². The summed E-state index contributed by atoms with van der Waals surface area (Å²) in [5.41, 5.74) is 0. The molecule has 3 fully saturated rings. The maximum atomic E-state index is 2.96. The minimum Gasteiger partial charge on any atom is -0.298 e. The normalized spacial score (nSPS) is 38.3. The van der Waals surface area contributed by atoms with E-state index in [1.54, 1.807) is 0 Å². The maximum Gasteiger partial charge on any atom is 0.0280 e. The van der Waals surface area contributed by atoms with Crippen LogP contribution in [0.4, 0.5) is 0 Å². The minimum absolute atomic E-state index is 0.891. The fourth-order valence-corrected chi connectivity index (χ4v) is 5.82. The zero-order valence-corrected chi connectivity index (χ0v) is 14.3. The van der Waals surface area contributed by atoms with Crippen LogP contribution in [-0.2, 0) is 0 Å². The van der Waals surface area contributed by atoms with Crippen LogP contribution in [0.5, 0.6) is 0 Å². The zero-order valence-electron chi connectivity index (χ0n) is 14.3. The molecule has 2 nitrogen and oxygen atoms in total. The van der Waals surface area contributed by atoms with Crippen molar-refractivity contribution in [2.45, 2.75) is 76.3 Å². The summed E-state index contributed by atoms with van der Waals surface area (Å²) in [5.74, 6) is 1.93. The smallest absolute Gasteiger partial charge is 0.0280 e. The first-order chi connectivity index (χ1) is 10.9. The van der Waals surface area contributed by atoms with E-state index in [9.17, 15) is 0 Å². The highest BCUT2D eigenvalue weighted by atomic mass is 15.3. The van der Waals surface area contributed by atoms with E-state index in [0.29, 0.717) is 0 Å². The Kier molecular flexibility index (Phi) is 4.87. The molecule has 2 heteroatoms. The molecular weight excluding hydrogens is 268 g/mol. The molecule has 4 rings (SSSR count). The Labute approximate surface area is 136 Å². The summed E-state index contributed by atoms with van der Waals surface area (Å²) in [6.07, 6.45) is 19.3. The van der Waals surface area contributed by atoms with E-state index in [1.807, 2.05) is 0 Å². The number of fused-ring (bicyclic) bond motifs is 1. The summed E-state index contributed by atoms with van der Waals surface area (Å²) in [7, 11) is 0. The van der Waals surface area contributed by atoms with Gasteiger partial charge in [-0.1, -0.05) is 31.4 Å². The van der Waals surface area contributed by atoms with Crippen molar-refractivity contribution in [1.29, 1.82) is 0 Å². The van der Waals surface area contributed by atoms with Gasteiger partial charge in [0.05, 0.1) is 0 Å². The van der Waals surface area contributed by atoms with Crippen molar-refractivity contribution >= 4 is 0 Å². The number of hydrogen-bond donors (Lipinski definition) is 0. The van der Waals surface area contributed by atoms with Crippen LogP contribution in [0.25, 0.3) is 0 Å². The molecule has 0 bridgehead atoms. The van der Waals surface area contributed by atoms with Gasteiger partial charge in [0.25, 0.3) is 0 Å². The van der Waals surface area contributed by atoms with Gasteiger partial charge in [-0.3, -0.25) is 9.80 Å². The van der Waals surface area contributed by atoms with Crippen molar-refractivity contribution < 1.29 is 0 Å². The van der Waals surface area contributed by atoms with E-state index in [1.165, 1.54) is 90.4 Å². The summed E-state index contributed by atoms with van der Waals surface area (Å²) in [6, 6.07) is 1.79. The summed E-state index contributed by atoms with van der Waals surface area (Å²) in [6.45, 7) is 5.46. The third kappa shape index (κ3) is 3.14. The Morgan fingerprint density at radius 1 is 0.818 bits per heavy atom. The monoisotopic (exact) mass is 302 g/mol. The lowest BCUT2D eigenvalue weighted by Crippen LogP contribution is -2.60. The molecule has 2 aliphatic heterocycles. The molecule has 22 heavy (non-hydrogen) atoms. The molecule has 2 heterocycles. The first kappa shape index (κ1) is 15.2. The molecule has 0 aromatic rings. The molecule has 4 aliphatic rings. The molecule has 2 aliphatic carbocycles. The number of hydrogen-bond acceptors (Lipinski definition) is 2. The van der Waals surface area contributed by atoms with Gasteiger partial charge in [-0.2, -0.15) is 0 Å². The van der Waals surface area contributed by atoms with Gasteiger partial charge in [0.2, 0.25) is 0 Å². The van der Waals surface area contributed by atoms with Crippen LogP contribution < -0.4 is 0 Å². The van der Waals surface area contributed by atoms with Crippen LogP contribution in [0.3, 0.4) is 0 Å². The molecule has 1 saturated carbocycles. The molecule has 0 aromatic heterocycles. The fraction of sp³-hybridized carbons (Fsp3) is 0.900. The lowest BCUT2D eigenvalue weighted by atomic mass is 9.78. The molecule has 0 aromatic carbocycles. The molecule has 0 spiro atoms. The quantitative estimate of drug-likeness (QED) is 0.725. The molecule has 2 saturated heterocycles. The predicted molar refractivity (Wildman–Crippen MR) is 93.0 cm³/mol. The second-order valence-electron chi connectivity index (χ2n) is 8.28. The van der Waals surface area contributed by atoms with Gasteiger partial charge < -0.3 is 0 Å². The predicted octanol–water partition coefficient (Wildman–Crippen LogP) is 4.07. The molecule has 0 amide bonds. The van der Waals surface area contributed by atoms with E-state index in [0.717, 1.165) is 23.9 Å². The summed E-state index contributed by atoms with van der Waals surface area (Å²) in [5, 5.41) is 0. The third-order valence-electron chi connectivity index (χ3n) is 6.91. The van der Waals surface area contributed by atoms with Crippen molar-refractivity contribution in [3.05, 3.63) is 12.2 Å². The summed E-state index contributed by atoms with van der Waals surface area (Å²) in [4.78, 5) is 5.81. The highest BCUT2D eigenvalue weighted by Gasteiger charge is 2.43. The van der Waals surface area contributed by atoms with E-state index >= 15 is 0 Å². The summed E-state index contributed by atoms with van der Waals surface area (Å²) < 4.78 is 0. The van der Waals surface area contributed by atoms with Gasteiger partial charge in [0.15, 0.2) is 0 Å². The van der Waals surface area contributed by atoms with Crippen molar-refractivity contribution in [1.82, 2.24) is 9.80 Å². The average molecular weight is 303 g/mol. The fourth-order valence-electron chi connectivity index (χ4n) is 5.82. The van der Waals surface area contributed by atoms with E-state index < -0.39 is 0 Å². The average Bonchev–Trinajstić information content (AvgIpc) is 3.05. The van der Waals surface area contributed by atoms with E-state index in [2.05, 4.69) is 22.0 Å². The van der Waals surface area contributed by atoms with Crippen molar-refractivity contribution in [2.24, 2.45) is 11.8 Å². The van der Waals surface area contributed by atoms with Crippen LogP contribution in [0.1, 0.15) is 64.2 Å². The molecule has 3 atom stereocenters.